The lowest BCUT2D eigenvalue weighted by Crippen LogP contribution is -2.19. The zero-order chi connectivity index (χ0) is 16.4. The Hall–Kier alpha value is -1.67. The van der Waals surface area contributed by atoms with Gasteiger partial charge in [0.25, 0.3) is 5.56 Å². The molecule has 0 saturated carbocycles. The fraction of sp³-hybridized carbons (Fsp3) is 0.467. The molecule has 5 nitrogen and oxygen atoms in total. The van der Waals surface area contributed by atoms with Crippen molar-refractivity contribution in [3.05, 3.63) is 33.9 Å². The summed E-state index contributed by atoms with van der Waals surface area (Å²) in [6.45, 7) is 1.49. The van der Waals surface area contributed by atoms with Crippen LogP contribution in [0.1, 0.15) is 18.7 Å². The first-order valence-electron chi connectivity index (χ1n) is 7.38. The van der Waals surface area contributed by atoms with Gasteiger partial charge < -0.3 is 15.0 Å². The van der Waals surface area contributed by atoms with Crippen molar-refractivity contribution >= 4 is 28.4 Å². The van der Waals surface area contributed by atoms with Gasteiger partial charge in [0.2, 0.25) is 0 Å². The Balaban J connectivity index is 1.90. The standard InChI is InChI=1S/C15H17F2N3O2S/c1-18-10-6-9-12(14(17)13(10)16)15(21)20-11(19-9)7-23-8-2-4-22-5-3-8/h6,8,18H,2-5,7H2,1H3,(H,19,20,21). The number of nitrogens with one attached hydrogen (secondary N) is 2. The van der Waals surface area contributed by atoms with E-state index in [0.29, 0.717) is 16.8 Å². The van der Waals surface area contributed by atoms with Crippen molar-refractivity contribution in [2.75, 3.05) is 25.6 Å². The zero-order valence-corrected chi connectivity index (χ0v) is 13.4. The monoisotopic (exact) mass is 341 g/mol. The SMILES string of the molecule is CNc1cc2nc(CSC3CCOCC3)[nH]c(=O)c2c(F)c1F. The van der Waals surface area contributed by atoms with Gasteiger partial charge >= 0.3 is 0 Å². The summed E-state index contributed by atoms with van der Waals surface area (Å²) < 4.78 is 33.1. The van der Waals surface area contributed by atoms with Gasteiger partial charge in [-0.3, -0.25) is 4.79 Å². The van der Waals surface area contributed by atoms with Crippen LogP contribution in [-0.4, -0.2) is 35.5 Å². The van der Waals surface area contributed by atoms with Gasteiger partial charge in [-0.1, -0.05) is 0 Å². The maximum atomic E-state index is 14.0. The van der Waals surface area contributed by atoms with Crippen LogP contribution in [0, 0.1) is 11.6 Å². The predicted octanol–water partition coefficient (Wildman–Crippen LogP) is 2.66. The number of aromatic nitrogens is 2. The van der Waals surface area contributed by atoms with Gasteiger partial charge in [-0.15, -0.1) is 0 Å². The van der Waals surface area contributed by atoms with Gasteiger partial charge in [-0.2, -0.15) is 11.8 Å². The van der Waals surface area contributed by atoms with E-state index in [9.17, 15) is 13.6 Å². The number of hydrogen-bond donors (Lipinski definition) is 2. The summed E-state index contributed by atoms with van der Waals surface area (Å²) in [6.07, 6.45) is 1.93. The van der Waals surface area contributed by atoms with Crippen molar-refractivity contribution in [3.63, 3.8) is 0 Å². The van der Waals surface area contributed by atoms with E-state index >= 15 is 0 Å². The lowest BCUT2D eigenvalue weighted by Gasteiger charge is -2.21. The molecule has 3 rings (SSSR count). The van der Waals surface area contributed by atoms with Crippen LogP contribution in [0.15, 0.2) is 10.9 Å². The molecular formula is C15H17F2N3O2S. The summed E-state index contributed by atoms with van der Waals surface area (Å²) in [5.74, 6) is -1.27. The van der Waals surface area contributed by atoms with E-state index in [1.807, 2.05) is 0 Å². The van der Waals surface area contributed by atoms with Crippen LogP contribution in [0.2, 0.25) is 0 Å². The molecule has 1 aliphatic rings. The number of benzene rings is 1. The summed E-state index contributed by atoms with van der Waals surface area (Å²) in [7, 11) is 1.48. The van der Waals surface area contributed by atoms with Crippen LogP contribution in [0.4, 0.5) is 14.5 Å². The summed E-state index contributed by atoms with van der Waals surface area (Å²) in [4.78, 5) is 18.9. The van der Waals surface area contributed by atoms with Crippen molar-refractivity contribution in [3.8, 4) is 0 Å². The number of thioether (sulfide) groups is 1. The Kier molecular flexibility index (Phi) is 4.82. The summed E-state index contributed by atoms with van der Waals surface area (Å²) in [5, 5.41) is 2.68. The molecular weight excluding hydrogens is 324 g/mol. The van der Waals surface area contributed by atoms with Gasteiger partial charge in [-0.25, -0.2) is 13.8 Å². The number of fused-ring (bicyclic) bond motifs is 1. The molecule has 1 fully saturated rings. The van der Waals surface area contributed by atoms with Gasteiger partial charge in [-0.05, 0) is 18.9 Å². The minimum atomic E-state index is -1.18. The molecule has 0 spiro atoms. The fourth-order valence-corrected chi connectivity index (χ4v) is 3.63. The van der Waals surface area contributed by atoms with Gasteiger partial charge in [0.1, 0.15) is 11.2 Å². The Bertz CT molecular complexity index is 775. The molecule has 1 aromatic carbocycles. The molecule has 0 amide bonds. The van der Waals surface area contributed by atoms with E-state index in [-0.39, 0.29) is 16.6 Å². The normalized spacial score (nSPS) is 16.0. The van der Waals surface area contributed by atoms with E-state index in [4.69, 9.17) is 4.74 Å². The first-order chi connectivity index (χ1) is 11.1. The molecule has 0 aliphatic carbocycles. The Morgan fingerprint density at radius 1 is 1.39 bits per heavy atom. The molecule has 1 saturated heterocycles. The molecule has 8 heteroatoms. The van der Waals surface area contributed by atoms with Crippen molar-refractivity contribution in [1.82, 2.24) is 9.97 Å². The number of halogens is 2. The number of hydrogen-bond acceptors (Lipinski definition) is 5. The highest BCUT2D eigenvalue weighted by molar-refractivity contribution is 7.99. The summed E-state index contributed by atoms with van der Waals surface area (Å²) in [5.41, 5.74) is -0.521. The quantitative estimate of drug-likeness (QED) is 0.895. The zero-order valence-electron chi connectivity index (χ0n) is 12.6. The number of rotatable bonds is 4. The lowest BCUT2D eigenvalue weighted by atomic mass is 10.2. The smallest absolute Gasteiger partial charge is 0.261 e. The van der Waals surface area contributed by atoms with E-state index in [1.54, 1.807) is 11.8 Å². The molecule has 2 heterocycles. The second kappa shape index (κ2) is 6.84. The molecule has 124 valence electrons. The minimum absolute atomic E-state index is 0.0175. The summed E-state index contributed by atoms with van der Waals surface area (Å²) in [6, 6.07) is 1.35. The number of aromatic amines is 1. The van der Waals surface area contributed by atoms with Crippen molar-refractivity contribution in [1.29, 1.82) is 0 Å². The Labute approximate surface area is 135 Å². The molecule has 1 aliphatic heterocycles. The highest BCUT2D eigenvalue weighted by Gasteiger charge is 2.18. The molecule has 2 N–H and O–H groups in total. The van der Waals surface area contributed by atoms with Gasteiger partial charge in [0, 0.05) is 25.5 Å². The second-order valence-corrected chi connectivity index (χ2v) is 6.62. The van der Waals surface area contributed by atoms with Crippen LogP contribution >= 0.6 is 11.8 Å². The third kappa shape index (κ3) is 3.32. The number of nitrogens with zero attached hydrogens (tertiary/aromatic N) is 1. The molecule has 0 atom stereocenters. The largest absolute Gasteiger partial charge is 0.386 e. The molecule has 0 radical (unpaired) electrons. The highest BCUT2D eigenvalue weighted by Crippen LogP contribution is 2.26. The van der Waals surface area contributed by atoms with Crippen molar-refractivity contribution in [2.45, 2.75) is 23.8 Å². The van der Waals surface area contributed by atoms with Crippen LogP contribution in [-0.2, 0) is 10.5 Å². The maximum Gasteiger partial charge on any atom is 0.261 e. The van der Waals surface area contributed by atoms with Crippen LogP contribution in [0.25, 0.3) is 10.9 Å². The lowest BCUT2D eigenvalue weighted by molar-refractivity contribution is 0.1000. The van der Waals surface area contributed by atoms with Gasteiger partial charge in [0.15, 0.2) is 11.6 Å². The third-order valence-corrected chi connectivity index (χ3v) is 5.20. The van der Waals surface area contributed by atoms with Crippen LogP contribution in [0.5, 0.6) is 0 Å². The van der Waals surface area contributed by atoms with Crippen molar-refractivity contribution in [2.24, 2.45) is 0 Å². The Morgan fingerprint density at radius 2 is 2.13 bits per heavy atom. The first-order valence-corrected chi connectivity index (χ1v) is 8.43. The fourth-order valence-electron chi connectivity index (χ4n) is 2.57. The summed E-state index contributed by atoms with van der Waals surface area (Å²) >= 11 is 1.69. The highest BCUT2D eigenvalue weighted by atomic mass is 32.2. The number of H-pyrrole nitrogens is 1. The maximum absolute atomic E-state index is 14.0. The molecule has 0 unspecified atom stereocenters. The van der Waals surface area contributed by atoms with Gasteiger partial charge in [0.05, 0.1) is 17.0 Å². The third-order valence-electron chi connectivity index (χ3n) is 3.82. The van der Waals surface area contributed by atoms with E-state index in [2.05, 4.69) is 15.3 Å². The second-order valence-electron chi connectivity index (χ2n) is 5.33. The molecule has 1 aromatic heterocycles. The van der Waals surface area contributed by atoms with E-state index < -0.39 is 17.2 Å². The van der Waals surface area contributed by atoms with E-state index in [0.717, 1.165) is 26.1 Å². The van der Waals surface area contributed by atoms with Crippen molar-refractivity contribution < 1.29 is 13.5 Å². The van der Waals surface area contributed by atoms with Crippen LogP contribution in [0.3, 0.4) is 0 Å². The van der Waals surface area contributed by atoms with E-state index in [1.165, 1.54) is 13.1 Å². The molecule has 0 bridgehead atoms. The predicted molar refractivity (Wildman–Crippen MR) is 87.0 cm³/mol. The topological polar surface area (TPSA) is 67.0 Å². The first kappa shape index (κ1) is 16.2. The Morgan fingerprint density at radius 3 is 2.83 bits per heavy atom. The number of ether oxygens (including phenoxy) is 1. The average Bonchev–Trinajstić information content (AvgIpc) is 2.56. The minimum Gasteiger partial charge on any atom is -0.386 e. The average molecular weight is 341 g/mol. The molecule has 2 aromatic rings. The number of anilines is 1. The van der Waals surface area contributed by atoms with Crippen LogP contribution < -0.4 is 10.9 Å². The molecule has 23 heavy (non-hydrogen) atoms.